The standard InChI is InChI=1S/C33H63N4O/c1-4-7-9-11-13-15-17-19-21-24-32-35-27-30-37(32,6-3)31-29-36(28-23-26-34)33(38)25-22-20-18-16-14-12-10-8-5-2/h4-25,27-31H2,1-3H3/q+1. The third-order valence-electron chi connectivity index (χ3n) is 8.62. The van der Waals surface area contributed by atoms with Gasteiger partial charge in [-0.05, 0) is 19.8 Å². The molecule has 1 unspecified atom stereocenters. The van der Waals surface area contributed by atoms with Crippen molar-refractivity contribution in [2.24, 2.45) is 4.99 Å². The molecule has 0 aromatic heterocycles. The van der Waals surface area contributed by atoms with Crippen LogP contribution in [0.1, 0.15) is 156 Å². The maximum absolute atomic E-state index is 13.1. The summed E-state index contributed by atoms with van der Waals surface area (Å²) in [6.07, 6.45) is 25.7. The highest BCUT2D eigenvalue weighted by Gasteiger charge is 2.36. The smallest absolute Gasteiger partial charge is 0.222 e. The van der Waals surface area contributed by atoms with Gasteiger partial charge in [-0.1, -0.05) is 117 Å². The van der Waals surface area contributed by atoms with Gasteiger partial charge in [0.2, 0.25) is 5.91 Å². The summed E-state index contributed by atoms with van der Waals surface area (Å²) in [6, 6.07) is 2.25. The average molecular weight is 532 g/mol. The van der Waals surface area contributed by atoms with E-state index in [1.807, 2.05) is 4.90 Å². The van der Waals surface area contributed by atoms with Gasteiger partial charge in [-0.25, -0.2) is 4.99 Å². The predicted octanol–water partition coefficient (Wildman–Crippen LogP) is 8.82. The molecule has 5 nitrogen and oxygen atoms in total. The van der Waals surface area contributed by atoms with E-state index < -0.39 is 0 Å². The lowest BCUT2D eigenvalue weighted by Crippen LogP contribution is -2.54. The molecule has 1 aliphatic rings. The molecule has 1 atom stereocenters. The number of carbonyl (C=O) groups is 1. The van der Waals surface area contributed by atoms with E-state index in [1.54, 1.807) is 0 Å². The number of hydrogen-bond acceptors (Lipinski definition) is 3. The molecule has 0 aromatic rings. The molecule has 0 aliphatic carbocycles. The van der Waals surface area contributed by atoms with Crippen molar-refractivity contribution in [1.82, 2.24) is 4.90 Å². The second-order valence-corrected chi connectivity index (χ2v) is 11.7. The Morgan fingerprint density at radius 2 is 1.32 bits per heavy atom. The fraction of sp³-hybridized carbons (Fsp3) is 0.909. The van der Waals surface area contributed by atoms with Crippen molar-refractivity contribution in [3.05, 3.63) is 0 Å². The second-order valence-electron chi connectivity index (χ2n) is 11.7. The first-order valence-electron chi connectivity index (χ1n) is 16.7. The highest BCUT2D eigenvalue weighted by molar-refractivity contribution is 5.77. The first-order valence-corrected chi connectivity index (χ1v) is 16.7. The summed E-state index contributed by atoms with van der Waals surface area (Å²) in [4.78, 5) is 20.0. The van der Waals surface area contributed by atoms with E-state index in [4.69, 9.17) is 10.3 Å². The van der Waals surface area contributed by atoms with Crippen LogP contribution in [0.25, 0.3) is 0 Å². The maximum Gasteiger partial charge on any atom is 0.222 e. The highest BCUT2D eigenvalue weighted by Crippen LogP contribution is 2.21. The zero-order chi connectivity index (χ0) is 27.7. The molecule has 0 spiro atoms. The van der Waals surface area contributed by atoms with Crippen LogP contribution < -0.4 is 0 Å². The third kappa shape index (κ3) is 15.2. The minimum Gasteiger partial charge on any atom is -0.336 e. The lowest BCUT2D eigenvalue weighted by Gasteiger charge is -2.36. The Morgan fingerprint density at radius 3 is 1.84 bits per heavy atom. The van der Waals surface area contributed by atoms with Crippen LogP contribution in [0.3, 0.4) is 0 Å². The zero-order valence-electron chi connectivity index (χ0n) is 25.8. The van der Waals surface area contributed by atoms with Gasteiger partial charge in [-0.15, -0.1) is 0 Å². The first kappa shape index (κ1) is 34.6. The fourth-order valence-electron chi connectivity index (χ4n) is 5.90. The van der Waals surface area contributed by atoms with E-state index in [2.05, 4.69) is 26.8 Å². The molecule has 1 amide bonds. The number of quaternary nitrogens is 1. The first-order chi connectivity index (χ1) is 18.6. The topological polar surface area (TPSA) is 56.5 Å². The van der Waals surface area contributed by atoms with E-state index in [0.29, 0.717) is 19.4 Å². The van der Waals surface area contributed by atoms with Gasteiger partial charge in [0.25, 0.3) is 0 Å². The zero-order valence-corrected chi connectivity index (χ0v) is 25.8. The quantitative estimate of drug-likeness (QED) is 0.0827. The van der Waals surface area contributed by atoms with Gasteiger partial charge in [0.05, 0.1) is 32.1 Å². The molecule has 5 heteroatoms. The van der Waals surface area contributed by atoms with Crippen molar-refractivity contribution in [3.63, 3.8) is 0 Å². The largest absolute Gasteiger partial charge is 0.336 e. The van der Waals surface area contributed by atoms with E-state index >= 15 is 0 Å². The number of amides is 1. The van der Waals surface area contributed by atoms with Gasteiger partial charge < -0.3 is 4.90 Å². The Balaban J connectivity index is 2.39. The van der Waals surface area contributed by atoms with Crippen molar-refractivity contribution in [2.75, 3.05) is 39.3 Å². The van der Waals surface area contributed by atoms with Crippen molar-refractivity contribution in [2.45, 2.75) is 156 Å². The van der Waals surface area contributed by atoms with E-state index in [-0.39, 0.29) is 5.91 Å². The minimum atomic E-state index is 0.245. The molecule has 0 radical (unpaired) electrons. The number of amidine groups is 1. The molecule has 0 fully saturated rings. The molecule has 0 bridgehead atoms. The third-order valence-corrected chi connectivity index (χ3v) is 8.62. The molecule has 220 valence electrons. The summed E-state index contributed by atoms with van der Waals surface area (Å²) >= 11 is 0. The molecule has 1 aliphatic heterocycles. The number of rotatable bonds is 26. The number of carbonyl (C=O) groups excluding carboxylic acids is 1. The summed E-state index contributed by atoms with van der Waals surface area (Å²) < 4.78 is 0.950. The Morgan fingerprint density at radius 1 is 0.789 bits per heavy atom. The summed E-state index contributed by atoms with van der Waals surface area (Å²) in [5.41, 5.74) is 0. The summed E-state index contributed by atoms with van der Waals surface area (Å²) in [5, 5.41) is 9.17. The Bertz CT molecular complexity index is 656. The van der Waals surface area contributed by atoms with Crippen LogP contribution >= 0.6 is 0 Å². The number of aliphatic imine (C=N–C) groups is 1. The highest BCUT2D eigenvalue weighted by atomic mass is 16.2. The lowest BCUT2D eigenvalue weighted by atomic mass is 10.1. The Hall–Kier alpha value is -1.41. The van der Waals surface area contributed by atoms with Gasteiger partial charge in [0.15, 0.2) is 5.84 Å². The van der Waals surface area contributed by atoms with Crippen LogP contribution in [0.4, 0.5) is 0 Å². The minimum absolute atomic E-state index is 0.245. The fourth-order valence-corrected chi connectivity index (χ4v) is 5.90. The lowest BCUT2D eigenvalue weighted by molar-refractivity contribution is -0.833. The maximum atomic E-state index is 13.1. The van der Waals surface area contributed by atoms with Crippen LogP contribution in [-0.4, -0.2) is 60.4 Å². The van der Waals surface area contributed by atoms with E-state index in [9.17, 15) is 4.79 Å². The van der Waals surface area contributed by atoms with Crippen LogP contribution in [-0.2, 0) is 4.79 Å². The molecule has 0 saturated carbocycles. The van der Waals surface area contributed by atoms with Crippen molar-refractivity contribution in [3.8, 4) is 6.07 Å². The van der Waals surface area contributed by atoms with Gasteiger partial charge >= 0.3 is 0 Å². The van der Waals surface area contributed by atoms with Crippen LogP contribution in [0.15, 0.2) is 4.99 Å². The second kappa shape index (κ2) is 23.5. The molecule has 38 heavy (non-hydrogen) atoms. The molecule has 0 saturated heterocycles. The summed E-state index contributed by atoms with van der Waals surface area (Å²) in [6.45, 7) is 12.1. The number of nitrogens with zero attached hydrogens (tertiary/aromatic N) is 4. The van der Waals surface area contributed by atoms with E-state index in [1.165, 1.54) is 109 Å². The normalized spacial score (nSPS) is 16.9. The van der Waals surface area contributed by atoms with Crippen LogP contribution in [0, 0.1) is 11.3 Å². The van der Waals surface area contributed by atoms with Crippen molar-refractivity contribution >= 4 is 11.7 Å². The Kier molecular flexibility index (Phi) is 21.4. The molecule has 1 heterocycles. The molecule has 0 N–H and O–H groups in total. The summed E-state index contributed by atoms with van der Waals surface area (Å²) in [7, 11) is 0. The summed E-state index contributed by atoms with van der Waals surface area (Å²) in [5.74, 6) is 1.61. The van der Waals surface area contributed by atoms with Crippen molar-refractivity contribution < 1.29 is 9.28 Å². The number of hydrogen-bond donors (Lipinski definition) is 0. The van der Waals surface area contributed by atoms with Gasteiger partial charge in [-0.2, -0.15) is 5.26 Å². The number of nitriles is 1. The Labute approximate surface area is 237 Å². The monoisotopic (exact) mass is 531 g/mol. The predicted molar refractivity (Wildman–Crippen MR) is 163 cm³/mol. The molecular weight excluding hydrogens is 468 g/mol. The van der Waals surface area contributed by atoms with Gasteiger partial charge in [0.1, 0.15) is 13.1 Å². The average Bonchev–Trinajstić information content (AvgIpc) is 3.34. The molecular formula is C33H63N4O+. The number of likely N-dealkylation sites (N-methyl/N-ethyl adjacent to an activating group) is 1. The van der Waals surface area contributed by atoms with Gasteiger partial charge in [0, 0.05) is 19.4 Å². The van der Waals surface area contributed by atoms with Crippen LogP contribution in [0.2, 0.25) is 0 Å². The van der Waals surface area contributed by atoms with Gasteiger partial charge in [-0.3, -0.25) is 9.28 Å². The molecule has 1 rings (SSSR count). The SMILES string of the molecule is CCCCCCCCCCCC(=O)N(CCC#N)CC[N+]1(CC)CCN=C1CCCCCCCCCCC. The van der Waals surface area contributed by atoms with Crippen LogP contribution in [0.5, 0.6) is 0 Å². The number of unbranched alkanes of at least 4 members (excludes halogenated alkanes) is 16. The molecule has 0 aromatic carbocycles. The van der Waals surface area contributed by atoms with E-state index in [0.717, 1.165) is 56.5 Å². The van der Waals surface area contributed by atoms with Crippen molar-refractivity contribution in [1.29, 1.82) is 5.26 Å².